The molecule has 5 nitrogen and oxygen atoms in total. The Hall–Kier alpha value is -2.89. The van der Waals surface area contributed by atoms with Gasteiger partial charge in [-0.1, -0.05) is 6.07 Å². The molecule has 2 N–H and O–H groups in total. The number of nitrogens with one attached hydrogen (secondary N) is 1. The van der Waals surface area contributed by atoms with E-state index in [1.807, 2.05) is 0 Å². The summed E-state index contributed by atoms with van der Waals surface area (Å²) in [4.78, 5) is 23.1. The highest BCUT2D eigenvalue weighted by Crippen LogP contribution is 2.20. The van der Waals surface area contributed by atoms with E-state index in [0.29, 0.717) is 16.7 Å². The molecule has 0 radical (unpaired) electrons. The Bertz CT molecular complexity index is 758. The Morgan fingerprint density at radius 1 is 1.22 bits per heavy atom. The van der Waals surface area contributed by atoms with E-state index in [9.17, 15) is 14.0 Å². The minimum Gasteiger partial charge on any atom is -0.496 e. The van der Waals surface area contributed by atoms with Gasteiger partial charge in [-0.3, -0.25) is 4.79 Å². The first kappa shape index (κ1) is 16.5. The molecule has 6 heteroatoms. The number of methoxy groups -OCH3 is 1. The van der Waals surface area contributed by atoms with Gasteiger partial charge in [-0.05, 0) is 48.4 Å². The normalized spacial score (nSPS) is 10.2. The average molecular weight is 317 g/mol. The predicted octanol–water partition coefficient (Wildman–Crippen LogP) is 2.77. The zero-order chi connectivity index (χ0) is 17.0. The first-order valence-corrected chi connectivity index (χ1v) is 6.87. The van der Waals surface area contributed by atoms with Crippen molar-refractivity contribution < 1.29 is 23.8 Å². The van der Waals surface area contributed by atoms with E-state index in [4.69, 9.17) is 9.84 Å². The molecule has 0 unspecified atom stereocenters. The SMILES string of the molecule is COc1cc(CNC(=O)c2ccc(F)c(C)c2)ccc1C(=O)O. The van der Waals surface area contributed by atoms with Crippen molar-refractivity contribution in [3.05, 3.63) is 64.5 Å². The molecule has 23 heavy (non-hydrogen) atoms. The fraction of sp³-hybridized carbons (Fsp3) is 0.176. The summed E-state index contributed by atoms with van der Waals surface area (Å²) in [6.07, 6.45) is 0. The largest absolute Gasteiger partial charge is 0.496 e. The Balaban J connectivity index is 2.09. The van der Waals surface area contributed by atoms with E-state index in [1.54, 1.807) is 19.1 Å². The van der Waals surface area contributed by atoms with Gasteiger partial charge < -0.3 is 15.2 Å². The van der Waals surface area contributed by atoms with Gasteiger partial charge in [0.05, 0.1) is 7.11 Å². The summed E-state index contributed by atoms with van der Waals surface area (Å²) in [6.45, 7) is 1.78. The molecule has 1 amide bonds. The number of carboxylic acid groups (broad SMARTS) is 1. The molecule has 0 fully saturated rings. The zero-order valence-electron chi connectivity index (χ0n) is 12.7. The van der Waals surface area contributed by atoms with Gasteiger partial charge in [0.15, 0.2) is 0 Å². The van der Waals surface area contributed by atoms with Crippen LogP contribution in [0.1, 0.15) is 31.8 Å². The number of carboxylic acids is 1. The van der Waals surface area contributed by atoms with E-state index in [-0.39, 0.29) is 29.6 Å². The van der Waals surface area contributed by atoms with Crippen molar-refractivity contribution in [2.24, 2.45) is 0 Å². The summed E-state index contributed by atoms with van der Waals surface area (Å²) in [7, 11) is 1.38. The van der Waals surface area contributed by atoms with Crippen LogP contribution < -0.4 is 10.1 Å². The highest BCUT2D eigenvalue weighted by Gasteiger charge is 2.12. The summed E-state index contributed by atoms with van der Waals surface area (Å²) < 4.78 is 18.2. The molecule has 0 aliphatic carbocycles. The number of amides is 1. The van der Waals surface area contributed by atoms with Crippen LogP contribution >= 0.6 is 0 Å². The van der Waals surface area contributed by atoms with E-state index >= 15 is 0 Å². The highest BCUT2D eigenvalue weighted by atomic mass is 19.1. The maximum absolute atomic E-state index is 13.2. The minimum absolute atomic E-state index is 0.0525. The number of hydrogen-bond acceptors (Lipinski definition) is 3. The molecule has 0 saturated carbocycles. The third kappa shape index (κ3) is 3.85. The maximum atomic E-state index is 13.2. The minimum atomic E-state index is -1.08. The van der Waals surface area contributed by atoms with Crippen molar-refractivity contribution in [2.45, 2.75) is 13.5 Å². The second-order valence-electron chi connectivity index (χ2n) is 4.99. The number of benzene rings is 2. The molecular formula is C17H16FNO4. The summed E-state index contributed by atoms with van der Waals surface area (Å²) in [5.41, 5.74) is 1.50. The number of ether oxygens (including phenoxy) is 1. The van der Waals surface area contributed by atoms with Gasteiger partial charge >= 0.3 is 5.97 Å². The molecule has 0 spiro atoms. The number of rotatable bonds is 5. The lowest BCUT2D eigenvalue weighted by molar-refractivity contribution is 0.0693. The van der Waals surface area contributed by atoms with Gasteiger partial charge in [0.1, 0.15) is 17.1 Å². The van der Waals surface area contributed by atoms with Crippen LogP contribution in [-0.2, 0) is 6.54 Å². The van der Waals surface area contributed by atoms with Crippen LogP contribution in [0.2, 0.25) is 0 Å². The van der Waals surface area contributed by atoms with Crippen molar-refractivity contribution in [3.63, 3.8) is 0 Å². The lowest BCUT2D eigenvalue weighted by atomic mass is 10.1. The molecule has 0 atom stereocenters. The van der Waals surface area contributed by atoms with E-state index in [0.717, 1.165) is 0 Å². The molecule has 2 aromatic rings. The van der Waals surface area contributed by atoms with Crippen molar-refractivity contribution in [1.82, 2.24) is 5.32 Å². The Kier molecular flexibility index (Phi) is 4.95. The third-order valence-electron chi connectivity index (χ3n) is 3.37. The third-order valence-corrected chi connectivity index (χ3v) is 3.37. The van der Waals surface area contributed by atoms with Crippen molar-refractivity contribution in [3.8, 4) is 5.75 Å². The standard InChI is InChI=1S/C17H16FNO4/c1-10-7-12(4-6-14(10)18)16(20)19-9-11-3-5-13(17(21)22)15(8-11)23-2/h3-8H,9H2,1-2H3,(H,19,20)(H,21,22). The van der Waals surface area contributed by atoms with E-state index in [2.05, 4.69) is 5.32 Å². The lowest BCUT2D eigenvalue weighted by Gasteiger charge is -2.09. The van der Waals surface area contributed by atoms with E-state index < -0.39 is 5.97 Å². The molecule has 2 aromatic carbocycles. The summed E-state index contributed by atoms with van der Waals surface area (Å²) in [5, 5.41) is 11.7. The molecule has 0 saturated heterocycles. The van der Waals surface area contributed by atoms with Gasteiger partial charge in [0.2, 0.25) is 0 Å². The van der Waals surface area contributed by atoms with Crippen LogP contribution in [0.3, 0.4) is 0 Å². The number of carbonyl (C=O) groups excluding carboxylic acids is 1. The summed E-state index contributed by atoms with van der Waals surface area (Å²) in [5.74, 6) is -1.56. The number of aromatic carboxylic acids is 1. The first-order valence-electron chi connectivity index (χ1n) is 6.87. The molecule has 0 aliphatic rings. The number of aryl methyl sites for hydroxylation is 1. The second-order valence-corrected chi connectivity index (χ2v) is 4.99. The van der Waals surface area contributed by atoms with E-state index in [1.165, 1.54) is 31.4 Å². The van der Waals surface area contributed by atoms with Crippen LogP contribution in [0.15, 0.2) is 36.4 Å². The van der Waals surface area contributed by atoms with Crippen LogP contribution in [-0.4, -0.2) is 24.1 Å². The molecule has 0 aliphatic heterocycles. The second kappa shape index (κ2) is 6.91. The van der Waals surface area contributed by atoms with Crippen LogP contribution in [0, 0.1) is 12.7 Å². The molecule has 0 aromatic heterocycles. The van der Waals surface area contributed by atoms with Crippen LogP contribution in [0.25, 0.3) is 0 Å². The van der Waals surface area contributed by atoms with Crippen molar-refractivity contribution in [1.29, 1.82) is 0 Å². The Morgan fingerprint density at radius 2 is 1.96 bits per heavy atom. The van der Waals surface area contributed by atoms with Crippen molar-refractivity contribution in [2.75, 3.05) is 7.11 Å². The highest BCUT2D eigenvalue weighted by molar-refractivity contribution is 5.94. The fourth-order valence-corrected chi connectivity index (χ4v) is 2.09. The molecular weight excluding hydrogens is 301 g/mol. The molecule has 0 heterocycles. The van der Waals surface area contributed by atoms with Gasteiger partial charge in [-0.15, -0.1) is 0 Å². The topological polar surface area (TPSA) is 75.6 Å². The van der Waals surface area contributed by atoms with Gasteiger partial charge in [-0.2, -0.15) is 0 Å². The Labute approximate surface area is 132 Å². The molecule has 2 rings (SSSR count). The van der Waals surface area contributed by atoms with Crippen LogP contribution in [0.4, 0.5) is 4.39 Å². The smallest absolute Gasteiger partial charge is 0.339 e. The molecule has 120 valence electrons. The van der Waals surface area contributed by atoms with Gasteiger partial charge in [0.25, 0.3) is 5.91 Å². The lowest BCUT2D eigenvalue weighted by Crippen LogP contribution is -2.23. The first-order chi connectivity index (χ1) is 10.9. The number of carbonyl (C=O) groups is 2. The summed E-state index contributed by atoms with van der Waals surface area (Å²) >= 11 is 0. The molecule has 0 bridgehead atoms. The number of halogens is 1. The number of hydrogen-bond donors (Lipinski definition) is 2. The summed E-state index contributed by atoms with van der Waals surface area (Å²) in [6, 6.07) is 8.70. The average Bonchev–Trinajstić information content (AvgIpc) is 2.54. The fourth-order valence-electron chi connectivity index (χ4n) is 2.09. The van der Waals surface area contributed by atoms with Crippen molar-refractivity contribution >= 4 is 11.9 Å². The predicted molar refractivity (Wildman–Crippen MR) is 82.3 cm³/mol. The van der Waals surface area contributed by atoms with Gasteiger partial charge in [-0.25, -0.2) is 9.18 Å². The van der Waals surface area contributed by atoms with Gasteiger partial charge in [0, 0.05) is 12.1 Å². The van der Waals surface area contributed by atoms with Crippen LogP contribution in [0.5, 0.6) is 5.75 Å². The Morgan fingerprint density at radius 3 is 2.57 bits per heavy atom. The zero-order valence-corrected chi connectivity index (χ0v) is 12.7. The maximum Gasteiger partial charge on any atom is 0.339 e. The monoisotopic (exact) mass is 317 g/mol. The quantitative estimate of drug-likeness (QED) is 0.889.